The maximum Gasteiger partial charge on any atom is 0.158 e. The third kappa shape index (κ3) is 0.934. The average Bonchev–Trinajstić information content (AvgIpc) is 2.19. The fourth-order valence-electron chi connectivity index (χ4n) is 2.33. The minimum atomic E-state index is -0.777. The Labute approximate surface area is 72.3 Å². The second kappa shape index (κ2) is 2.22. The van der Waals surface area contributed by atoms with E-state index in [-0.39, 0.29) is 5.92 Å². The van der Waals surface area contributed by atoms with Crippen LogP contribution in [0.5, 0.6) is 0 Å². The molecule has 1 aliphatic carbocycles. The minimum Gasteiger partial charge on any atom is -0.387 e. The standard InChI is InChI=1S/C9H16O3/c1-8(11)4-3-6-5-9(8,2)12-7(6)10/h6-7,10-11H,3-5H2,1-2H3/t6?,7?,8?,9-/m1/s1. The Bertz CT molecular complexity index is 198. The smallest absolute Gasteiger partial charge is 0.158 e. The highest BCUT2D eigenvalue weighted by Crippen LogP contribution is 2.49. The molecule has 0 amide bonds. The van der Waals surface area contributed by atoms with Crippen molar-refractivity contribution >= 4 is 0 Å². The second-order valence-electron chi connectivity index (χ2n) is 4.52. The molecular weight excluding hydrogens is 156 g/mol. The van der Waals surface area contributed by atoms with Gasteiger partial charge in [-0.05, 0) is 33.1 Å². The van der Waals surface area contributed by atoms with Crippen LogP contribution < -0.4 is 0 Å². The van der Waals surface area contributed by atoms with Crippen LogP contribution in [0.25, 0.3) is 0 Å². The molecule has 3 heteroatoms. The number of hydrogen-bond acceptors (Lipinski definition) is 3. The van der Waals surface area contributed by atoms with E-state index in [1.54, 1.807) is 6.92 Å². The van der Waals surface area contributed by atoms with Crippen molar-refractivity contribution in [3.05, 3.63) is 0 Å². The summed E-state index contributed by atoms with van der Waals surface area (Å²) in [5.74, 6) is 0.232. The Hall–Kier alpha value is -0.120. The maximum absolute atomic E-state index is 10.0. The van der Waals surface area contributed by atoms with Crippen molar-refractivity contribution in [3.63, 3.8) is 0 Å². The maximum atomic E-state index is 10.0. The second-order valence-corrected chi connectivity index (χ2v) is 4.52. The van der Waals surface area contributed by atoms with E-state index >= 15 is 0 Å². The Balaban J connectivity index is 2.28. The number of hydrogen-bond donors (Lipinski definition) is 2. The van der Waals surface area contributed by atoms with Gasteiger partial charge in [-0.2, -0.15) is 0 Å². The summed E-state index contributed by atoms with van der Waals surface area (Å²) in [6, 6.07) is 0. The number of ether oxygens (including phenoxy) is 1. The van der Waals surface area contributed by atoms with Gasteiger partial charge in [0.1, 0.15) is 0 Å². The summed E-state index contributed by atoms with van der Waals surface area (Å²) in [7, 11) is 0. The highest BCUT2D eigenvalue weighted by atomic mass is 16.6. The predicted octanol–water partition coefficient (Wildman–Crippen LogP) is 0.645. The van der Waals surface area contributed by atoms with Gasteiger partial charge in [0.15, 0.2) is 6.29 Å². The molecule has 3 unspecified atom stereocenters. The molecule has 2 fully saturated rings. The first-order chi connectivity index (χ1) is 5.45. The van der Waals surface area contributed by atoms with Crippen LogP contribution in [0.15, 0.2) is 0 Å². The van der Waals surface area contributed by atoms with E-state index < -0.39 is 17.5 Å². The minimum absolute atomic E-state index is 0.232. The van der Waals surface area contributed by atoms with Crippen LogP contribution in [-0.4, -0.2) is 27.7 Å². The summed E-state index contributed by atoms with van der Waals surface area (Å²) in [5.41, 5.74) is -1.31. The Morgan fingerprint density at radius 3 is 2.67 bits per heavy atom. The van der Waals surface area contributed by atoms with Crippen molar-refractivity contribution in [1.82, 2.24) is 0 Å². The van der Waals surface area contributed by atoms with Gasteiger partial charge in [0.25, 0.3) is 0 Å². The molecule has 4 atom stereocenters. The third-order valence-electron chi connectivity index (χ3n) is 3.58. The fraction of sp³-hybridized carbons (Fsp3) is 1.00. The lowest BCUT2D eigenvalue weighted by Gasteiger charge is -2.41. The van der Waals surface area contributed by atoms with E-state index in [1.165, 1.54) is 0 Å². The molecule has 1 aliphatic heterocycles. The SMILES string of the molecule is CC1(O)CCC2C[C@@]1(C)OC2O. The van der Waals surface area contributed by atoms with Crippen LogP contribution >= 0.6 is 0 Å². The van der Waals surface area contributed by atoms with E-state index in [0.29, 0.717) is 0 Å². The van der Waals surface area contributed by atoms with E-state index in [4.69, 9.17) is 4.74 Å². The molecule has 0 aromatic rings. The highest BCUT2D eigenvalue weighted by molar-refractivity contribution is 5.04. The Kier molecular flexibility index (Phi) is 1.57. The summed E-state index contributed by atoms with van der Waals surface area (Å²) >= 11 is 0. The number of aliphatic hydroxyl groups is 2. The highest BCUT2D eigenvalue weighted by Gasteiger charge is 2.56. The summed E-state index contributed by atoms with van der Waals surface area (Å²) in [6.07, 6.45) is 1.71. The molecule has 0 aromatic carbocycles. The Morgan fingerprint density at radius 1 is 1.42 bits per heavy atom. The molecule has 1 heterocycles. The first kappa shape index (κ1) is 8.48. The van der Waals surface area contributed by atoms with E-state index in [0.717, 1.165) is 19.3 Å². The zero-order valence-electron chi connectivity index (χ0n) is 7.58. The molecule has 2 aliphatic rings. The van der Waals surface area contributed by atoms with Crippen LogP contribution in [0, 0.1) is 5.92 Å². The summed E-state index contributed by atoms with van der Waals surface area (Å²) in [4.78, 5) is 0. The van der Waals surface area contributed by atoms with E-state index in [1.807, 2.05) is 6.92 Å². The lowest BCUT2D eigenvalue weighted by molar-refractivity contribution is -0.198. The summed E-state index contributed by atoms with van der Waals surface area (Å²) in [5, 5.41) is 19.5. The molecule has 1 saturated carbocycles. The van der Waals surface area contributed by atoms with Crippen molar-refractivity contribution in [1.29, 1.82) is 0 Å². The van der Waals surface area contributed by atoms with Gasteiger partial charge in [-0.1, -0.05) is 0 Å². The van der Waals surface area contributed by atoms with Crippen molar-refractivity contribution in [3.8, 4) is 0 Å². The average molecular weight is 172 g/mol. The predicted molar refractivity (Wildman–Crippen MR) is 43.5 cm³/mol. The first-order valence-corrected chi connectivity index (χ1v) is 4.53. The van der Waals surface area contributed by atoms with E-state index in [9.17, 15) is 10.2 Å². The normalized spacial score (nSPS) is 59.0. The summed E-state index contributed by atoms with van der Waals surface area (Å²) < 4.78 is 5.39. The molecule has 1 saturated heterocycles. The van der Waals surface area contributed by atoms with Crippen molar-refractivity contribution < 1.29 is 14.9 Å². The first-order valence-electron chi connectivity index (χ1n) is 4.53. The van der Waals surface area contributed by atoms with Gasteiger partial charge in [0.05, 0.1) is 11.2 Å². The van der Waals surface area contributed by atoms with Gasteiger partial charge in [-0.15, -0.1) is 0 Å². The molecule has 12 heavy (non-hydrogen) atoms. The van der Waals surface area contributed by atoms with Gasteiger partial charge >= 0.3 is 0 Å². The van der Waals surface area contributed by atoms with Crippen LogP contribution in [0.1, 0.15) is 33.1 Å². The van der Waals surface area contributed by atoms with Gasteiger partial charge in [-0.3, -0.25) is 0 Å². The molecule has 3 nitrogen and oxygen atoms in total. The molecule has 2 N–H and O–H groups in total. The van der Waals surface area contributed by atoms with Gasteiger partial charge < -0.3 is 14.9 Å². The molecule has 2 bridgehead atoms. The van der Waals surface area contributed by atoms with Gasteiger partial charge in [-0.25, -0.2) is 0 Å². The lowest BCUT2D eigenvalue weighted by Crippen LogP contribution is -2.51. The van der Waals surface area contributed by atoms with Crippen molar-refractivity contribution in [2.24, 2.45) is 5.92 Å². The Morgan fingerprint density at radius 2 is 2.08 bits per heavy atom. The molecule has 0 spiro atoms. The van der Waals surface area contributed by atoms with Crippen LogP contribution in [-0.2, 0) is 4.74 Å². The molecule has 70 valence electrons. The quantitative estimate of drug-likeness (QED) is 0.564. The van der Waals surface area contributed by atoms with Crippen molar-refractivity contribution in [2.45, 2.75) is 50.6 Å². The van der Waals surface area contributed by atoms with Crippen LogP contribution in [0.4, 0.5) is 0 Å². The lowest BCUT2D eigenvalue weighted by atomic mass is 9.71. The molecular formula is C9H16O3. The topological polar surface area (TPSA) is 49.7 Å². The molecule has 0 aromatic heterocycles. The zero-order valence-corrected chi connectivity index (χ0v) is 7.58. The fourth-order valence-corrected chi connectivity index (χ4v) is 2.33. The third-order valence-corrected chi connectivity index (χ3v) is 3.58. The number of rotatable bonds is 0. The van der Waals surface area contributed by atoms with Crippen LogP contribution in [0.2, 0.25) is 0 Å². The van der Waals surface area contributed by atoms with Gasteiger partial charge in [0, 0.05) is 5.92 Å². The number of aliphatic hydroxyl groups excluding tert-OH is 1. The molecule has 0 radical (unpaired) electrons. The monoisotopic (exact) mass is 172 g/mol. The largest absolute Gasteiger partial charge is 0.387 e. The zero-order chi connectivity index (χ0) is 8.98. The summed E-state index contributed by atoms with van der Waals surface area (Å²) in [6.45, 7) is 3.68. The van der Waals surface area contributed by atoms with E-state index in [2.05, 4.69) is 0 Å². The molecule has 2 rings (SSSR count). The van der Waals surface area contributed by atoms with Crippen LogP contribution in [0.3, 0.4) is 0 Å². The van der Waals surface area contributed by atoms with Crippen molar-refractivity contribution in [2.75, 3.05) is 0 Å². The van der Waals surface area contributed by atoms with Gasteiger partial charge in [0.2, 0.25) is 0 Å². The number of fused-ring (bicyclic) bond motifs is 2.